The lowest BCUT2D eigenvalue weighted by atomic mass is 10.1. The van der Waals surface area contributed by atoms with Crippen molar-refractivity contribution in [2.45, 2.75) is 0 Å². The second kappa shape index (κ2) is 3.26. The van der Waals surface area contributed by atoms with Crippen molar-refractivity contribution in [1.82, 2.24) is 4.98 Å². The number of nitrogens with zero attached hydrogens (tertiary/aromatic N) is 1. The van der Waals surface area contributed by atoms with Crippen molar-refractivity contribution in [3.8, 4) is 0 Å². The van der Waals surface area contributed by atoms with Crippen LogP contribution >= 0.6 is 15.9 Å². The SMILES string of the molecule is O=Cc1nc(Br)cc2ccccc12. The van der Waals surface area contributed by atoms with Crippen molar-refractivity contribution in [2.75, 3.05) is 0 Å². The van der Waals surface area contributed by atoms with Gasteiger partial charge in [0.05, 0.1) is 0 Å². The van der Waals surface area contributed by atoms with Gasteiger partial charge in [0.15, 0.2) is 6.29 Å². The Hall–Kier alpha value is -1.22. The zero-order valence-electron chi connectivity index (χ0n) is 6.70. The van der Waals surface area contributed by atoms with E-state index in [9.17, 15) is 4.79 Å². The van der Waals surface area contributed by atoms with Gasteiger partial charge in [-0.3, -0.25) is 4.79 Å². The van der Waals surface area contributed by atoms with Crippen LogP contribution in [0.1, 0.15) is 10.5 Å². The summed E-state index contributed by atoms with van der Waals surface area (Å²) in [5.74, 6) is 0. The fourth-order valence-corrected chi connectivity index (χ4v) is 1.72. The standard InChI is InChI=1S/C10H6BrNO/c11-10-5-7-3-1-2-4-8(7)9(6-13)12-10/h1-6H. The third-order valence-corrected chi connectivity index (χ3v) is 2.26. The lowest BCUT2D eigenvalue weighted by Crippen LogP contribution is -1.89. The van der Waals surface area contributed by atoms with Gasteiger partial charge in [-0.2, -0.15) is 0 Å². The maximum atomic E-state index is 10.7. The van der Waals surface area contributed by atoms with E-state index in [1.54, 1.807) is 0 Å². The van der Waals surface area contributed by atoms with Crippen LogP contribution in [0.2, 0.25) is 0 Å². The number of hydrogen-bond donors (Lipinski definition) is 0. The predicted octanol–water partition coefficient (Wildman–Crippen LogP) is 2.81. The molecule has 0 aliphatic rings. The molecule has 0 atom stereocenters. The molecule has 3 heteroatoms. The monoisotopic (exact) mass is 235 g/mol. The summed E-state index contributed by atoms with van der Waals surface area (Å²) in [4.78, 5) is 14.8. The Morgan fingerprint density at radius 3 is 2.85 bits per heavy atom. The van der Waals surface area contributed by atoms with Crippen LogP contribution in [0.5, 0.6) is 0 Å². The molecule has 1 aromatic heterocycles. The minimum Gasteiger partial charge on any atom is -0.296 e. The average molecular weight is 236 g/mol. The molecule has 2 rings (SSSR count). The number of benzene rings is 1. The molecule has 2 aromatic rings. The van der Waals surface area contributed by atoms with Gasteiger partial charge in [0.1, 0.15) is 10.3 Å². The van der Waals surface area contributed by atoms with Crippen LogP contribution in [0.4, 0.5) is 0 Å². The van der Waals surface area contributed by atoms with Gasteiger partial charge in [0.2, 0.25) is 0 Å². The molecule has 0 amide bonds. The quantitative estimate of drug-likeness (QED) is 0.562. The van der Waals surface area contributed by atoms with Gasteiger partial charge >= 0.3 is 0 Å². The summed E-state index contributed by atoms with van der Waals surface area (Å²) in [6, 6.07) is 9.56. The first kappa shape index (κ1) is 8.38. The molecular weight excluding hydrogens is 230 g/mol. The Bertz CT molecular complexity index is 467. The van der Waals surface area contributed by atoms with E-state index in [0.29, 0.717) is 10.3 Å². The van der Waals surface area contributed by atoms with E-state index in [1.807, 2.05) is 30.3 Å². The van der Waals surface area contributed by atoms with E-state index in [2.05, 4.69) is 20.9 Å². The smallest absolute Gasteiger partial charge is 0.169 e. The molecule has 2 nitrogen and oxygen atoms in total. The molecule has 0 aliphatic heterocycles. The van der Waals surface area contributed by atoms with Crippen molar-refractivity contribution < 1.29 is 4.79 Å². The number of rotatable bonds is 1. The van der Waals surface area contributed by atoms with Gasteiger partial charge in [-0.1, -0.05) is 24.3 Å². The Morgan fingerprint density at radius 1 is 1.31 bits per heavy atom. The van der Waals surface area contributed by atoms with Crippen LogP contribution < -0.4 is 0 Å². The Balaban J connectivity index is 2.89. The lowest BCUT2D eigenvalue weighted by Gasteiger charge is -2.00. The molecule has 1 heterocycles. The summed E-state index contributed by atoms with van der Waals surface area (Å²) < 4.78 is 0.688. The number of aldehydes is 1. The third kappa shape index (κ3) is 1.47. The number of hydrogen-bond acceptors (Lipinski definition) is 2. The van der Waals surface area contributed by atoms with Crippen LogP contribution in [0.3, 0.4) is 0 Å². The van der Waals surface area contributed by atoms with E-state index in [-0.39, 0.29) is 0 Å². The minimum atomic E-state index is 0.477. The Kier molecular flexibility index (Phi) is 2.10. The number of carbonyl (C=O) groups excluding carboxylic acids is 1. The van der Waals surface area contributed by atoms with Crippen molar-refractivity contribution in [3.63, 3.8) is 0 Å². The Labute approximate surface area is 83.7 Å². The summed E-state index contributed by atoms with van der Waals surface area (Å²) in [6.45, 7) is 0. The minimum absolute atomic E-state index is 0.477. The number of aromatic nitrogens is 1. The number of halogens is 1. The maximum Gasteiger partial charge on any atom is 0.169 e. The molecule has 0 fully saturated rings. The highest BCUT2D eigenvalue weighted by Crippen LogP contribution is 2.19. The highest BCUT2D eigenvalue weighted by atomic mass is 79.9. The first-order chi connectivity index (χ1) is 6.31. The van der Waals surface area contributed by atoms with Gasteiger partial charge in [-0.25, -0.2) is 4.98 Å². The molecule has 1 aromatic carbocycles. The van der Waals surface area contributed by atoms with Crippen LogP contribution in [0.25, 0.3) is 10.8 Å². The largest absolute Gasteiger partial charge is 0.296 e. The summed E-state index contributed by atoms with van der Waals surface area (Å²) in [5, 5.41) is 1.91. The summed E-state index contributed by atoms with van der Waals surface area (Å²) >= 11 is 3.25. The van der Waals surface area contributed by atoms with E-state index >= 15 is 0 Å². The van der Waals surface area contributed by atoms with Crippen molar-refractivity contribution >= 4 is 33.0 Å². The third-order valence-electron chi connectivity index (χ3n) is 1.85. The van der Waals surface area contributed by atoms with E-state index < -0.39 is 0 Å². The zero-order chi connectivity index (χ0) is 9.26. The van der Waals surface area contributed by atoms with Gasteiger partial charge in [-0.05, 0) is 27.4 Å². The molecule has 64 valence electrons. The second-order valence-electron chi connectivity index (χ2n) is 2.67. The predicted molar refractivity (Wildman–Crippen MR) is 54.8 cm³/mol. The molecular formula is C10H6BrNO. The normalized spacial score (nSPS) is 10.2. The molecule has 0 radical (unpaired) electrons. The van der Waals surface area contributed by atoms with Gasteiger partial charge in [0.25, 0.3) is 0 Å². The first-order valence-corrected chi connectivity index (χ1v) is 4.61. The van der Waals surface area contributed by atoms with Crippen LogP contribution in [0, 0.1) is 0 Å². The van der Waals surface area contributed by atoms with Gasteiger partial charge in [0, 0.05) is 5.39 Å². The second-order valence-corrected chi connectivity index (χ2v) is 3.48. The van der Waals surface area contributed by atoms with E-state index in [1.165, 1.54) is 0 Å². The Morgan fingerprint density at radius 2 is 2.08 bits per heavy atom. The average Bonchev–Trinajstić information content (AvgIpc) is 2.16. The lowest BCUT2D eigenvalue weighted by molar-refractivity contribution is 0.112. The van der Waals surface area contributed by atoms with Crippen molar-refractivity contribution in [3.05, 3.63) is 40.6 Å². The number of carbonyl (C=O) groups is 1. The van der Waals surface area contributed by atoms with Crippen molar-refractivity contribution in [2.24, 2.45) is 0 Å². The van der Waals surface area contributed by atoms with Crippen LogP contribution in [-0.4, -0.2) is 11.3 Å². The topological polar surface area (TPSA) is 30.0 Å². The molecule has 0 aliphatic carbocycles. The molecule has 0 bridgehead atoms. The molecule has 13 heavy (non-hydrogen) atoms. The number of pyridine rings is 1. The molecule has 0 saturated heterocycles. The first-order valence-electron chi connectivity index (χ1n) is 3.82. The highest BCUT2D eigenvalue weighted by Gasteiger charge is 2.01. The summed E-state index contributed by atoms with van der Waals surface area (Å²) in [5.41, 5.74) is 0.477. The van der Waals surface area contributed by atoms with Gasteiger partial charge < -0.3 is 0 Å². The van der Waals surface area contributed by atoms with E-state index in [4.69, 9.17) is 0 Å². The summed E-state index contributed by atoms with van der Waals surface area (Å²) in [7, 11) is 0. The molecule has 0 unspecified atom stereocenters. The number of fused-ring (bicyclic) bond motifs is 1. The summed E-state index contributed by atoms with van der Waals surface area (Å²) in [6.07, 6.45) is 0.771. The van der Waals surface area contributed by atoms with E-state index in [0.717, 1.165) is 17.1 Å². The van der Waals surface area contributed by atoms with Crippen molar-refractivity contribution in [1.29, 1.82) is 0 Å². The maximum absolute atomic E-state index is 10.7. The fourth-order valence-electron chi connectivity index (χ4n) is 1.28. The van der Waals surface area contributed by atoms with Crippen LogP contribution in [0.15, 0.2) is 34.9 Å². The molecule has 0 saturated carbocycles. The molecule has 0 N–H and O–H groups in total. The highest BCUT2D eigenvalue weighted by molar-refractivity contribution is 9.10. The van der Waals surface area contributed by atoms with Gasteiger partial charge in [-0.15, -0.1) is 0 Å². The zero-order valence-corrected chi connectivity index (χ0v) is 8.28. The molecule has 0 spiro atoms. The fraction of sp³-hybridized carbons (Fsp3) is 0. The van der Waals surface area contributed by atoms with Crippen LogP contribution in [-0.2, 0) is 0 Å².